The van der Waals surface area contributed by atoms with Crippen LogP contribution >= 0.6 is 0 Å². The third-order valence-corrected chi connectivity index (χ3v) is 3.13. The standard InChI is InChI=1S/C18H14N/c19-18-11-9-15(10-12-18)17-8-4-7-16(13-17)14-5-2-1-3-6-14/h1-7,9-13H,19H2. The van der Waals surface area contributed by atoms with Crippen molar-refractivity contribution in [3.05, 3.63) is 78.9 Å². The Labute approximate surface area is 113 Å². The predicted molar refractivity (Wildman–Crippen MR) is 80.6 cm³/mol. The highest BCUT2D eigenvalue weighted by molar-refractivity contribution is 5.73. The number of rotatable bonds is 2. The minimum absolute atomic E-state index is 0.781. The Balaban J connectivity index is 2.03. The number of hydrogen-bond donors (Lipinski definition) is 1. The van der Waals surface area contributed by atoms with Crippen molar-refractivity contribution < 1.29 is 0 Å². The smallest absolute Gasteiger partial charge is 0.0314 e. The van der Waals surface area contributed by atoms with Crippen LogP contribution in [0.25, 0.3) is 22.3 Å². The first-order valence-electron chi connectivity index (χ1n) is 6.26. The molecule has 0 saturated heterocycles. The Kier molecular flexibility index (Phi) is 3.03. The third kappa shape index (κ3) is 2.50. The molecule has 0 bridgehead atoms. The predicted octanol–water partition coefficient (Wildman–Crippen LogP) is 4.40. The molecule has 1 radical (unpaired) electrons. The van der Waals surface area contributed by atoms with E-state index in [4.69, 9.17) is 5.73 Å². The second-order valence-electron chi connectivity index (χ2n) is 4.48. The summed E-state index contributed by atoms with van der Waals surface area (Å²) < 4.78 is 0. The van der Waals surface area contributed by atoms with Gasteiger partial charge in [-0.1, -0.05) is 54.6 Å². The van der Waals surface area contributed by atoms with Crippen molar-refractivity contribution in [2.24, 2.45) is 0 Å². The molecule has 0 heterocycles. The molecule has 0 fully saturated rings. The van der Waals surface area contributed by atoms with Crippen LogP contribution in [0, 0.1) is 6.07 Å². The van der Waals surface area contributed by atoms with Crippen LogP contribution < -0.4 is 5.73 Å². The molecule has 1 heteroatoms. The van der Waals surface area contributed by atoms with Gasteiger partial charge < -0.3 is 5.73 Å². The summed E-state index contributed by atoms with van der Waals surface area (Å²) in [6.45, 7) is 0. The molecule has 0 atom stereocenters. The number of nitrogens with two attached hydrogens (primary N) is 1. The normalized spacial score (nSPS) is 10.3. The summed E-state index contributed by atoms with van der Waals surface area (Å²) >= 11 is 0. The van der Waals surface area contributed by atoms with Crippen molar-refractivity contribution in [1.29, 1.82) is 0 Å². The Morgan fingerprint density at radius 1 is 0.684 bits per heavy atom. The number of benzene rings is 3. The zero-order valence-electron chi connectivity index (χ0n) is 10.5. The van der Waals surface area contributed by atoms with Gasteiger partial charge in [-0.25, -0.2) is 0 Å². The molecule has 3 rings (SSSR count). The molecule has 0 aliphatic rings. The van der Waals surface area contributed by atoms with E-state index >= 15 is 0 Å². The maximum Gasteiger partial charge on any atom is 0.0314 e. The molecule has 3 aromatic carbocycles. The van der Waals surface area contributed by atoms with Crippen molar-refractivity contribution in [3.8, 4) is 22.3 Å². The lowest BCUT2D eigenvalue weighted by atomic mass is 9.99. The molecule has 0 saturated carbocycles. The van der Waals surface area contributed by atoms with Crippen LogP contribution in [0.3, 0.4) is 0 Å². The number of nitrogen functional groups attached to an aromatic ring is 1. The van der Waals surface area contributed by atoms with Gasteiger partial charge in [0.1, 0.15) is 0 Å². The van der Waals surface area contributed by atoms with Gasteiger partial charge in [0, 0.05) is 5.69 Å². The van der Waals surface area contributed by atoms with E-state index in [9.17, 15) is 0 Å². The van der Waals surface area contributed by atoms with Gasteiger partial charge in [0.15, 0.2) is 0 Å². The first-order chi connectivity index (χ1) is 9.33. The Morgan fingerprint density at radius 3 is 2.16 bits per heavy atom. The third-order valence-electron chi connectivity index (χ3n) is 3.13. The van der Waals surface area contributed by atoms with E-state index < -0.39 is 0 Å². The molecule has 0 unspecified atom stereocenters. The maximum absolute atomic E-state index is 5.72. The van der Waals surface area contributed by atoms with Gasteiger partial charge >= 0.3 is 0 Å². The quantitative estimate of drug-likeness (QED) is 0.664. The van der Waals surface area contributed by atoms with E-state index in [2.05, 4.69) is 42.5 Å². The highest BCUT2D eigenvalue weighted by Gasteiger charge is 2.01. The molecular weight excluding hydrogens is 230 g/mol. The molecule has 1 nitrogen and oxygen atoms in total. The van der Waals surface area contributed by atoms with Gasteiger partial charge in [-0.05, 0) is 46.5 Å². The van der Waals surface area contributed by atoms with Crippen LogP contribution in [0.15, 0.2) is 72.8 Å². The minimum atomic E-state index is 0.781. The minimum Gasteiger partial charge on any atom is -0.399 e. The van der Waals surface area contributed by atoms with Crippen LogP contribution in [0.2, 0.25) is 0 Å². The summed E-state index contributed by atoms with van der Waals surface area (Å²) in [5, 5.41) is 0. The Hall–Kier alpha value is -2.54. The zero-order chi connectivity index (χ0) is 13.1. The fourth-order valence-corrected chi connectivity index (χ4v) is 2.11. The van der Waals surface area contributed by atoms with Crippen LogP contribution in [-0.2, 0) is 0 Å². The first-order valence-corrected chi connectivity index (χ1v) is 6.26. The van der Waals surface area contributed by atoms with Gasteiger partial charge in [-0.3, -0.25) is 0 Å². The van der Waals surface area contributed by atoms with Gasteiger partial charge in [-0.2, -0.15) is 0 Å². The lowest BCUT2D eigenvalue weighted by Gasteiger charge is -2.06. The summed E-state index contributed by atoms with van der Waals surface area (Å²) in [6.07, 6.45) is 0. The summed E-state index contributed by atoms with van der Waals surface area (Å²) in [7, 11) is 0. The van der Waals surface area contributed by atoms with Crippen molar-refractivity contribution in [2.45, 2.75) is 0 Å². The molecule has 91 valence electrons. The summed E-state index contributed by atoms with van der Waals surface area (Å²) in [4.78, 5) is 0. The van der Waals surface area contributed by atoms with Crippen molar-refractivity contribution >= 4 is 5.69 Å². The van der Waals surface area contributed by atoms with Gasteiger partial charge in [-0.15, -0.1) is 0 Å². The van der Waals surface area contributed by atoms with Gasteiger partial charge in [0.05, 0.1) is 0 Å². The van der Waals surface area contributed by atoms with Gasteiger partial charge in [0.2, 0.25) is 0 Å². The van der Waals surface area contributed by atoms with E-state index in [0.29, 0.717) is 0 Å². The van der Waals surface area contributed by atoms with Crippen LogP contribution in [0.4, 0.5) is 5.69 Å². The molecule has 2 N–H and O–H groups in total. The second kappa shape index (κ2) is 4.99. The molecule has 0 spiro atoms. The summed E-state index contributed by atoms with van der Waals surface area (Å²) in [5.74, 6) is 0. The van der Waals surface area contributed by atoms with Crippen LogP contribution in [0.1, 0.15) is 0 Å². The molecule has 0 aliphatic carbocycles. The summed E-state index contributed by atoms with van der Waals surface area (Å²) in [5.41, 5.74) is 11.1. The fourth-order valence-electron chi connectivity index (χ4n) is 2.11. The van der Waals surface area contributed by atoms with Gasteiger partial charge in [0.25, 0.3) is 0 Å². The van der Waals surface area contributed by atoms with Crippen LogP contribution in [-0.4, -0.2) is 0 Å². The largest absolute Gasteiger partial charge is 0.399 e. The molecule has 0 amide bonds. The highest BCUT2D eigenvalue weighted by Crippen LogP contribution is 2.26. The molecular formula is C18H14N. The molecule has 19 heavy (non-hydrogen) atoms. The Morgan fingerprint density at radius 2 is 1.42 bits per heavy atom. The molecule has 0 aromatic heterocycles. The second-order valence-corrected chi connectivity index (χ2v) is 4.48. The highest BCUT2D eigenvalue weighted by atomic mass is 14.5. The Bertz CT molecular complexity index is 670. The van der Waals surface area contributed by atoms with E-state index in [1.165, 1.54) is 11.1 Å². The average Bonchev–Trinajstić information content (AvgIpc) is 2.49. The summed E-state index contributed by atoms with van der Waals surface area (Å²) in [6, 6.07) is 27.7. The topological polar surface area (TPSA) is 26.0 Å². The van der Waals surface area contributed by atoms with Crippen LogP contribution in [0.5, 0.6) is 0 Å². The fraction of sp³-hybridized carbons (Fsp3) is 0. The average molecular weight is 244 g/mol. The zero-order valence-corrected chi connectivity index (χ0v) is 10.5. The molecule has 3 aromatic rings. The van der Waals surface area contributed by atoms with E-state index in [0.717, 1.165) is 16.8 Å². The lowest BCUT2D eigenvalue weighted by molar-refractivity contribution is 1.58. The monoisotopic (exact) mass is 244 g/mol. The first kappa shape index (κ1) is 11.5. The number of hydrogen-bond acceptors (Lipinski definition) is 1. The van der Waals surface area contributed by atoms with Crippen molar-refractivity contribution in [3.63, 3.8) is 0 Å². The lowest BCUT2D eigenvalue weighted by Crippen LogP contribution is -1.85. The number of anilines is 1. The van der Waals surface area contributed by atoms with Crippen molar-refractivity contribution in [2.75, 3.05) is 5.73 Å². The molecule has 0 aliphatic heterocycles. The van der Waals surface area contributed by atoms with E-state index in [1.807, 2.05) is 36.4 Å². The van der Waals surface area contributed by atoms with E-state index in [-0.39, 0.29) is 0 Å². The van der Waals surface area contributed by atoms with Crippen molar-refractivity contribution in [1.82, 2.24) is 0 Å². The van der Waals surface area contributed by atoms with E-state index in [1.54, 1.807) is 0 Å². The maximum atomic E-state index is 5.72. The SMILES string of the molecule is Nc1ccc(-c2[c]ccc(-c3ccccc3)c2)cc1.